The zero-order chi connectivity index (χ0) is 20.0. The van der Waals surface area contributed by atoms with E-state index in [2.05, 4.69) is 5.32 Å². The standard InChI is InChI=1S/C19H24N2O5S/c1-14(2)26-18-9-5-15(6-10-18)20-19(22)13-25-17-11-7-16(8-12-17)21(3)27(4,23)24/h5-12,14H,13H2,1-4H3,(H,20,22). The fraction of sp³-hybridized carbons (Fsp3) is 0.316. The molecule has 7 nitrogen and oxygen atoms in total. The van der Waals surface area contributed by atoms with Crippen LogP contribution in [0.1, 0.15) is 13.8 Å². The van der Waals surface area contributed by atoms with Crippen LogP contribution in [0.3, 0.4) is 0 Å². The molecule has 0 fully saturated rings. The summed E-state index contributed by atoms with van der Waals surface area (Å²) in [7, 11) is -1.85. The summed E-state index contributed by atoms with van der Waals surface area (Å²) in [5, 5.41) is 2.74. The number of hydrogen-bond acceptors (Lipinski definition) is 5. The first kappa shape index (κ1) is 20.6. The Morgan fingerprint density at radius 3 is 2.11 bits per heavy atom. The van der Waals surface area contributed by atoms with Crippen LogP contribution in [0.25, 0.3) is 0 Å². The molecule has 146 valence electrons. The van der Waals surface area contributed by atoms with Crippen LogP contribution in [0.15, 0.2) is 48.5 Å². The van der Waals surface area contributed by atoms with Gasteiger partial charge in [-0.05, 0) is 62.4 Å². The molecule has 8 heteroatoms. The van der Waals surface area contributed by atoms with E-state index in [4.69, 9.17) is 9.47 Å². The van der Waals surface area contributed by atoms with Gasteiger partial charge < -0.3 is 14.8 Å². The third-order valence-electron chi connectivity index (χ3n) is 3.58. The quantitative estimate of drug-likeness (QED) is 0.747. The van der Waals surface area contributed by atoms with E-state index in [0.717, 1.165) is 16.3 Å². The van der Waals surface area contributed by atoms with E-state index >= 15 is 0 Å². The zero-order valence-electron chi connectivity index (χ0n) is 15.8. The van der Waals surface area contributed by atoms with Crippen molar-refractivity contribution in [2.75, 3.05) is 29.5 Å². The lowest BCUT2D eigenvalue weighted by molar-refractivity contribution is -0.118. The van der Waals surface area contributed by atoms with Crippen LogP contribution >= 0.6 is 0 Å². The highest BCUT2D eigenvalue weighted by molar-refractivity contribution is 7.92. The molecule has 0 spiro atoms. The van der Waals surface area contributed by atoms with Crippen LogP contribution < -0.4 is 19.1 Å². The Morgan fingerprint density at radius 1 is 1.04 bits per heavy atom. The molecule has 2 aromatic rings. The van der Waals surface area contributed by atoms with Crippen molar-refractivity contribution in [2.24, 2.45) is 0 Å². The van der Waals surface area contributed by atoms with E-state index in [-0.39, 0.29) is 18.6 Å². The molecule has 27 heavy (non-hydrogen) atoms. The average molecular weight is 392 g/mol. The van der Waals surface area contributed by atoms with Crippen molar-refractivity contribution >= 4 is 27.3 Å². The van der Waals surface area contributed by atoms with Gasteiger partial charge >= 0.3 is 0 Å². The molecule has 0 aliphatic rings. The lowest BCUT2D eigenvalue weighted by atomic mass is 10.3. The van der Waals surface area contributed by atoms with Crippen molar-refractivity contribution in [1.29, 1.82) is 0 Å². The maximum atomic E-state index is 12.0. The van der Waals surface area contributed by atoms with Crippen LogP contribution in [-0.2, 0) is 14.8 Å². The summed E-state index contributed by atoms with van der Waals surface area (Å²) in [6, 6.07) is 13.5. The maximum Gasteiger partial charge on any atom is 0.262 e. The predicted molar refractivity (Wildman–Crippen MR) is 106 cm³/mol. The van der Waals surface area contributed by atoms with Crippen molar-refractivity contribution in [3.63, 3.8) is 0 Å². The highest BCUT2D eigenvalue weighted by Crippen LogP contribution is 2.20. The second-order valence-electron chi connectivity index (χ2n) is 6.25. The fourth-order valence-corrected chi connectivity index (χ4v) is 2.68. The molecule has 0 unspecified atom stereocenters. The Bertz CT molecular complexity index is 862. The summed E-state index contributed by atoms with van der Waals surface area (Å²) in [5.74, 6) is 0.903. The SMILES string of the molecule is CC(C)Oc1ccc(NC(=O)COc2ccc(N(C)S(C)(=O)=O)cc2)cc1. The monoisotopic (exact) mass is 392 g/mol. The van der Waals surface area contributed by atoms with Gasteiger partial charge in [-0.2, -0.15) is 0 Å². The Morgan fingerprint density at radius 2 is 1.59 bits per heavy atom. The Hall–Kier alpha value is -2.74. The van der Waals surface area contributed by atoms with Crippen molar-refractivity contribution in [2.45, 2.75) is 20.0 Å². The van der Waals surface area contributed by atoms with Crippen LogP contribution in [0, 0.1) is 0 Å². The van der Waals surface area contributed by atoms with Crippen LogP contribution in [0.4, 0.5) is 11.4 Å². The summed E-state index contributed by atoms with van der Waals surface area (Å²) in [6.07, 6.45) is 1.21. The Balaban J connectivity index is 1.86. The fourth-order valence-electron chi connectivity index (χ4n) is 2.18. The number of hydrogen-bond donors (Lipinski definition) is 1. The van der Waals surface area contributed by atoms with Gasteiger partial charge in [0, 0.05) is 12.7 Å². The molecule has 0 heterocycles. The number of ether oxygens (including phenoxy) is 2. The number of anilines is 2. The molecule has 0 aliphatic carbocycles. The molecule has 0 aliphatic heterocycles. The number of nitrogens with one attached hydrogen (secondary N) is 1. The first-order valence-corrected chi connectivity index (χ1v) is 10.2. The number of nitrogens with zero attached hydrogens (tertiary/aromatic N) is 1. The van der Waals surface area contributed by atoms with Crippen LogP contribution in [-0.4, -0.2) is 40.3 Å². The van der Waals surface area contributed by atoms with Gasteiger partial charge in [-0.3, -0.25) is 9.10 Å². The number of rotatable bonds is 8. The topological polar surface area (TPSA) is 84.9 Å². The largest absolute Gasteiger partial charge is 0.491 e. The van der Waals surface area contributed by atoms with E-state index in [0.29, 0.717) is 17.1 Å². The minimum absolute atomic E-state index is 0.0856. The molecule has 1 amide bonds. The van der Waals surface area contributed by atoms with Gasteiger partial charge in [0.05, 0.1) is 18.0 Å². The van der Waals surface area contributed by atoms with Crippen LogP contribution in [0.2, 0.25) is 0 Å². The third kappa shape index (κ3) is 6.49. The van der Waals surface area contributed by atoms with E-state index in [1.807, 2.05) is 13.8 Å². The summed E-state index contributed by atoms with van der Waals surface area (Å²) < 4.78 is 35.2. The second-order valence-corrected chi connectivity index (χ2v) is 8.27. The minimum atomic E-state index is -3.32. The normalized spacial score (nSPS) is 11.1. The van der Waals surface area contributed by atoms with Gasteiger partial charge in [-0.15, -0.1) is 0 Å². The first-order chi connectivity index (χ1) is 12.6. The first-order valence-electron chi connectivity index (χ1n) is 8.38. The number of amides is 1. The molecule has 0 atom stereocenters. The summed E-state index contributed by atoms with van der Waals surface area (Å²) in [4.78, 5) is 12.0. The van der Waals surface area contributed by atoms with Gasteiger partial charge in [0.1, 0.15) is 11.5 Å². The molecule has 0 aromatic heterocycles. The number of benzene rings is 2. The summed E-state index contributed by atoms with van der Waals surface area (Å²) in [6.45, 7) is 3.73. The third-order valence-corrected chi connectivity index (χ3v) is 4.78. The Labute approximate surface area is 160 Å². The molecular weight excluding hydrogens is 368 g/mol. The predicted octanol–water partition coefficient (Wildman–Crippen LogP) is 2.89. The zero-order valence-corrected chi connectivity index (χ0v) is 16.6. The van der Waals surface area contributed by atoms with E-state index in [1.54, 1.807) is 48.5 Å². The van der Waals surface area contributed by atoms with Crippen molar-refractivity contribution in [3.05, 3.63) is 48.5 Å². The molecule has 0 saturated heterocycles. The van der Waals surface area contributed by atoms with Gasteiger partial charge in [0.25, 0.3) is 5.91 Å². The van der Waals surface area contributed by atoms with Crippen molar-refractivity contribution in [3.8, 4) is 11.5 Å². The highest BCUT2D eigenvalue weighted by atomic mass is 32.2. The summed E-state index contributed by atoms with van der Waals surface area (Å²) in [5.41, 5.74) is 1.16. The lowest BCUT2D eigenvalue weighted by Crippen LogP contribution is -2.24. The summed E-state index contributed by atoms with van der Waals surface area (Å²) >= 11 is 0. The second kappa shape index (κ2) is 8.77. The van der Waals surface area contributed by atoms with Crippen LogP contribution in [0.5, 0.6) is 11.5 Å². The van der Waals surface area contributed by atoms with E-state index < -0.39 is 10.0 Å². The molecule has 2 aromatic carbocycles. The smallest absolute Gasteiger partial charge is 0.262 e. The number of carbonyl (C=O) groups is 1. The Kier molecular flexibility index (Phi) is 6.68. The molecule has 1 N–H and O–H groups in total. The molecule has 0 radical (unpaired) electrons. The molecule has 0 bridgehead atoms. The van der Waals surface area contributed by atoms with Gasteiger partial charge in [0.2, 0.25) is 10.0 Å². The van der Waals surface area contributed by atoms with Gasteiger partial charge in [-0.25, -0.2) is 8.42 Å². The number of carbonyl (C=O) groups excluding carboxylic acids is 1. The van der Waals surface area contributed by atoms with Gasteiger partial charge in [-0.1, -0.05) is 0 Å². The number of sulfonamides is 1. The maximum absolute atomic E-state index is 12.0. The molecule has 2 rings (SSSR count). The molecular formula is C19H24N2O5S. The van der Waals surface area contributed by atoms with E-state index in [9.17, 15) is 13.2 Å². The van der Waals surface area contributed by atoms with Gasteiger partial charge in [0.15, 0.2) is 6.61 Å². The molecule has 0 saturated carbocycles. The van der Waals surface area contributed by atoms with Crippen molar-refractivity contribution in [1.82, 2.24) is 0 Å². The lowest BCUT2D eigenvalue weighted by Gasteiger charge is -2.16. The average Bonchev–Trinajstić information content (AvgIpc) is 2.60. The van der Waals surface area contributed by atoms with Crippen molar-refractivity contribution < 1.29 is 22.7 Å². The minimum Gasteiger partial charge on any atom is -0.491 e. The highest BCUT2D eigenvalue weighted by Gasteiger charge is 2.12. The van der Waals surface area contributed by atoms with E-state index in [1.165, 1.54) is 7.05 Å².